The van der Waals surface area contributed by atoms with Gasteiger partial charge in [-0.2, -0.15) is 0 Å². The standard InChI is InChI=1S/C20H41F/c1-7-12-17(3)18(4)13-10-9-11-14-19(5)20(6,16-21)15-8-2/h17-19H,7-16H2,1-6H3. The molecule has 0 rings (SSSR count). The number of halogens is 1. The van der Waals surface area contributed by atoms with Crippen LogP contribution in [-0.2, 0) is 0 Å². The molecule has 0 N–H and O–H groups in total. The zero-order valence-electron chi connectivity index (χ0n) is 15.7. The third-order valence-electron chi connectivity index (χ3n) is 5.83. The van der Waals surface area contributed by atoms with Crippen LogP contribution in [0.15, 0.2) is 0 Å². The predicted octanol–water partition coefficient (Wildman–Crippen LogP) is 7.42. The fraction of sp³-hybridized carbons (Fsp3) is 1.00. The Hall–Kier alpha value is -0.0700. The van der Waals surface area contributed by atoms with Crippen molar-refractivity contribution in [1.82, 2.24) is 0 Å². The van der Waals surface area contributed by atoms with E-state index in [1.807, 2.05) is 0 Å². The molecule has 0 saturated heterocycles. The van der Waals surface area contributed by atoms with Crippen molar-refractivity contribution < 1.29 is 4.39 Å². The van der Waals surface area contributed by atoms with Crippen LogP contribution in [0.4, 0.5) is 4.39 Å². The normalized spacial score (nSPS) is 19.0. The highest BCUT2D eigenvalue weighted by molar-refractivity contribution is 4.79. The largest absolute Gasteiger partial charge is 0.250 e. The van der Waals surface area contributed by atoms with Gasteiger partial charge in [0.2, 0.25) is 0 Å². The van der Waals surface area contributed by atoms with Gasteiger partial charge in [-0.25, -0.2) is 0 Å². The summed E-state index contributed by atoms with van der Waals surface area (Å²) in [6, 6.07) is 0. The molecule has 21 heavy (non-hydrogen) atoms. The van der Waals surface area contributed by atoms with E-state index < -0.39 is 0 Å². The first-order valence-corrected chi connectivity index (χ1v) is 9.47. The van der Waals surface area contributed by atoms with E-state index in [-0.39, 0.29) is 12.1 Å². The molecule has 0 radical (unpaired) electrons. The van der Waals surface area contributed by atoms with Crippen LogP contribution in [0.2, 0.25) is 0 Å². The van der Waals surface area contributed by atoms with Crippen LogP contribution in [0.3, 0.4) is 0 Å². The number of unbranched alkanes of at least 4 members (excludes halogenated alkanes) is 2. The molecule has 1 heteroatoms. The van der Waals surface area contributed by atoms with Crippen LogP contribution in [0.1, 0.15) is 99.3 Å². The third kappa shape index (κ3) is 8.21. The molecule has 0 aromatic carbocycles. The fourth-order valence-corrected chi connectivity index (χ4v) is 3.48. The molecule has 0 fully saturated rings. The minimum Gasteiger partial charge on any atom is -0.250 e. The summed E-state index contributed by atoms with van der Waals surface area (Å²) in [5, 5.41) is 0. The Kier molecular flexibility index (Phi) is 11.5. The summed E-state index contributed by atoms with van der Waals surface area (Å²) in [5.41, 5.74) is -0.0856. The van der Waals surface area contributed by atoms with Gasteiger partial charge in [-0.3, -0.25) is 4.39 Å². The second-order valence-electron chi connectivity index (χ2n) is 7.82. The van der Waals surface area contributed by atoms with E-state index in [9.17, 15) is 4.39 Å². The average molecular weight is 301 g/mol. The van der Waals surface area contributed by atoms with Crippen LogP contribution in [0.5, 0.6) is 0 Å². The molecule has 0 heterocycles. The molecule has 0 saturated carbocycles. The Labute approximate surface area is 134 Å². The maximum atomic E-state index is 13.3. The SMILES string of the molecule is CCCC(C)C(C)CCCCCC(C)C(C)(CF)CCC. The molecule has 0 aromatic rings. The minimum atomic E-state index is -0.159. The molecular weight excluding hydrogens is 259 g/mol. The lowest BCUT2D eigenvalue weighted by Crippen LogP contribution is -2.27. The molecule has 0 aromatic heterocycles. The second kappa shape index (κ2) is 11.5. The van der Waals surface area contributed by atoms with Crippen LogP contribution < -0.4 is 0 Å². The second-order valence-corrected chi connectivity index (χ2v) is 7.82. The summed E-state index contributed by atoms with van der Waals surface area (Å²) < 4.78 is 13.3. The van der Waals surface area contributed by atoms with Gasteiger partial charge in [0.05, 0.1) is 6.67 Å². The number of hydrogen-bond donors (Lipinski definition) is 0. The highest BCUT2D eigenvalue weighted by Gasteiger charge is 2.29. The van der Waals surface area contributed by atoms with Gasteiger partial charge in [-0.15, -0.1) is 0 Å². The lowest BCUT2D eigenvalue weighted by molar-refractivity contribution is 0.122. The molecule has 0 bridgehead atoms. The van der Waals surface area contributed by atoms with Gasteiger partial charge in [-0.1, -0.05) is 92.9 Å². The molecule has 0 aliphatic carbocycles. The van der Waals surface area contributed by atoms with Gasteiger partial charge in [0.15, 0.2) is 0 Å². The highest BCUT2D eigenvalue weighted by Crippen LogP contribution is 2.36. The third-order valence-corrected chi connectivity index (χ3v) is 5.83. The van der Waals surface area contributed by atoms with Crippen LogP contribution in [0.25, 0.3) is 0 Å². The number of rotatable bonds is 13. The molecule has 4 unspecified atom stereocenters. The van der Waals surface area contributed by atoms with Gasteiger partial charge >= 0.3 is 0 Å². The first kappa shape index (κ1) is 20.9. The summed E-state index contributed by atoms with van der Waals surface area (Å²) in [7, 11) is 0. The average Bonchev–Trinajstić information content (AvgIpc) is 2.46. The van der Waals surface area contributed by atoms with Crippen LogP contribution in [-0.4, -0.2) is 6.67 Å². The van der Waals surface area contributed by atoms with Gasteiger partial charge in [0.1, 0.15) is 0 Å². The molecular formula is C20H41F. The van der Waals surface area contributed by atoms with E-state index in [0.717, 1.165) is 24.7 Å². The minimum absolute atomic E-state index is 0.0856. The van der Waals surface area contributed by atoms with Crippen molar-refractivity contribution in [2.75, 3.05) is 6.67 Å². The Bertz CT molecular complexity index is 238. The van der Waals surface area contributed by atoms with E-state index in [1.54, 1.807) is 0 Å². The first-order chi connectivity index (χ1) is 9.91. The van der Waals surface area contributed by atoms with E-state index in [0.29, 0.717) is 5.92 Å². The van der Waals surface area contributed by atoms with Crippen LogP contribution in [0, 0.1) is 23.2 Å². The topological polar surface area (TPSA) is 0 Å². The maximum absolute atomic E-state index is 13.3. The lowest BCUT2D eigenvalue weighted by atomic mass is 9.73. The van der Waals surface area contributed by atoms with Gasteiger partial charge in [-0.05, 0) is 29.6 Å². The summed E-state index contributed by atoms with van der Waals surface area (Å²) in [6.07, 6.45) is 11.3. The fourth-order valence-electron chi connectivity index (χ4n) is 3.48. The molecule has 0 amide bonds. The smallest absolute Gasteiger partial charge is 0.0950 e. The highest BCUT2D eigenvalue weighted by atomic mass is 19.1. The van der Waals surface area contributed by atoms with E-state index in [4.69, 9.17) is 0 Å². The zero-order chi connectivity index (χ0) is 16.3. The van der Waals surface area contributed by atoms with Crippen molar-refractivity contribution in [3.05, 3.63) is 0 Å². The molecule has 0 aliphatic heterocycles. The van der Waals surface area contributed by atoms with Gasteiger partial charge in [0, 0.05) is 0 Å². The van der Waals surface area contributed by atoms with E-state index in [1.165, 1.54) is 44.9 Å². The Morgan fingerprint density at radius 2 is 1.38 bits per heavy atom. The lowest BCUT2D eigenvalue weighted by Gasteiger charge is -2.33. The van der Waals surface area contributed by atoms with Crippen LogP contribution >= 0.6 is 0 Å². The predicted molar refractivity (Wildman–Crippen MR) is 94.5 cm³/mol. The molecule has 0 aliphatic rings. The summed E-state index contributed by atoms with van der Waals surface area (Å²) in [4.78, 5) is 0. The Balaban J connectivity index is 3.84. The Morgan fingerprint density at radius 1 is 0.810 bits per heavy atom. The van der Waals surface area contributed by atoms with Gasteiger partial charge in [0.25, 0.3) is 0 Å². The van der Waals surface area contributed by atoms with Crippen molar-refractivity contribution in [1.29, 1.82) is 0 Å². The van der Waals surface area contributed by atoms with Crippen molar-refractivity contribution >= 4 is 0 Å². The number of hydrogen-bond acceptors (Lipinski definition) is 0. The first-order valence-electron chi connectivity index (χ1n) is 9.47. The summed E-state index contributed by atoms with van der Waals surface area (Å²) in [6.45, 7) is 13.5. The maximum Gasteiger partial charge on any atom is 0.0950 e. The molecule has 128 valence electrons. The number of alkyl halides is 1. The van der Waals surface area contributed by atoms with E-state index in [2.05, 4.69) is 41.5 Å². The monoisotopic (exact) mass is 300 g/mol. The van der Waals surface area contributed by atoms with E-state index >= 15 is 0 Å². The van der Waals surface area contributed by atoms with Crippen molar-refractivity contribution in [2.24, 2.45) is 23.2 Å². The zero-order valence-corrected chi connectivity index (χ0v) is 15.7. The molecule has 4 atom stereocenters. The molecule has 0 spiro atoms. The van der Waals surface area contributed by atoms with Crippen molar-refractivity contribution in [3.8, 4) is 0 Å². The molecule has 0 nitrogen and oxygen atoms in total. The summed E-state index contributed by atoms with van der Waals surface area (Å²) in [5.74, 6) is 2.24. The van der Waals surface area contributed by atoms with Crippen molar-refractivity contribution in [2.45, 2.75) is 99.3 Å². The van der Waals surface area contributed by atoms with Gasteiger partial charge < -0.3 is 0 Å². The summed E-state index contributed by atoms with van der Waals surface area (Å²) >= 11 is 0. The van der Waals surface area contributed by atoms with Crippen molar-refractivity contribution in [3.63, 3.8) is 0 Å². The quantitative estimate of drug-likeness (QED) is 0.310. The Morgan fingerprint density at radius 3 is 1.90 bits per heavy atom.